The van der Waals surface area contributed by atoms with Crippen molar-refractivity contribution in [1.82, 2.24) is 0 Å². The number of para-hydroxylation sites is 1. The molecule has 5 heteroatoms. The normalized spacial score (nSPS) is 10.1. The Morgan fingerprint density at radius 1 is 1.20 bits per heavy atom. The summed E-state index contributed by atoms with van der Waals surface area (Å²) in [4.78, 5) is 12.3. The van der Waals surface area contributed by atoms with E-state index in [9.17, 15) is 9.18 Å². The van der Waals surface area contributed by atoms with Gasteiger partial charge in [-0.1, -0.05) is 30.4 Å². The van der Waals surface area contributed by atoms with E-state index in [2.05, 4.69) is 5.32 Å². The predicted molar refractivity (Wildman–Crippen MR) is 81.4 cm³/mol. The fourth-order valence-electron chi connectivity index (χ4n) is 1.80. The molecule has 0 aliphatic carbocycles. The Bertz CT molecular complexity index is 685. The molecule has 0 fully saturated rings. The van der Waals surface area contributed by atoms with Gasteiger partial charge in [0.05, 0.1) is 11.3 Å². The van der Waals surface area contributed by atoms with E-state index in [4.69, 9.17) is 18.0 Å². The summed E-state index contributed by atoms with van der Waals surface area (Å²) in [7, 11) is 0. The average Bonchev–Trinajstić information content (AvgIpc) is 2.38. The maximum absolute atomic E-state index is 13.8. The van der Waals surface area contributed by atoms with E-state index in [0.29, 0.717) is 11.3 Å². The van der Waals surface area contributed by atoms with Crippen molar-refractivity contribution in [3.8, 4) is 0 Å². The van der Waals surface area contributed by atoms with Gasteiger partial charge in [-0.2, -0.15) is 0 Å². The van der Waals surface area contributed by atoms with Crippen LogP contribution in [0.4, 0.5) is 10.1 Å². The van der Waals surface area contributed by atoms with Gasteiger partial charge in [0, 0.05) is 5.56 Å². The summed E-state index contributed by atoms with van der Waals surface area (Å²) in [5.41, 5.74) is 7.32. The second-order valence-corrected chi connectivity index (χ2v) is 4.79. The number of hydrogen-bond acceptors (Lipinski definition) is 2. The largest absolute Gasteiger partial charge is 0.389 e. The fourth-order valence-corrected chi connectivity index (χ4v) is 1.98. The number of anilines is 1. The van der Waals surface area contributed by atoms with Crippen molar-refractivity contribution in [3.05, 3.63) is 65.0 Å². The van der Waals surface area contributed by atoms with Crippen LogP contribution in [0.15, 0.2) is 42.5 Å². The molecule has 0 saturated heterocycles. The summed E-state index contributed by atoms with van der Waals surface area (Å²) in [6, 6.07) is 11.3. The van der Waals surface area contributed by atoms with Gasteiger partial charge in [-0.25, -0.2) is 4.39 Å². The number of halogens is 1. The van der Waals surface area contributed by atoms with Crippen molar-refractivity contribution in [3.63, 3.8) is 0 Å². The Morgan fingerprint density at radius 2 is 1.90 bits per heavy atom. The Labute approximate surface area is 121 Å². The molecule has 1 amide bonds. The Balaban J connectivity index is 2.30. The third-order valence-electron chi connectivity index (χ3n) is 2.81. The standard InChI is InChI=1S/C15H13FN2OS/c1-9-6-7-10(12(16)8-9)15(19)18-13-5-3-2-4-11(13)14(17)20/h2-8H,1H3,(H2,17,20)(H,18,19). The molecule has 3 N–H and O–H groups in total. The van der Waals surface area contributed by atoms with E-state index < -0.39 is 11.7 Å². The SMILES string of the molecule is Cc1ccc(C(=O)Nc2ccccc2C(N)=S)c(F)c1. The van der Waals surface area contributed by atoms with Crippen LogP contribution in [0.5, 0.6) is 0 Å². The molecule has 20 heavy (non-hydrogen) atoms. The molecule has 3 nitrogen and oxygen atoms in total. The lowest BCUT2D eigenvalue weighted by molar-refractivity contribution is 0.102. The third-order valence-corrected chi connectivity index (χ3v) is 3.03. The molecule has 0 radical (unpaired) electrons. The number of nitrogens with two attached hydrogens (primary N) is 1. The lowest BCUT2D eigenvalue weighted by atomic mass is 10.1. The van der Waals surface area contributed by atoms with Crippen LogP contribution < -0.4 is 11.1 Å². The molecule has 0 bridgehead atoms. The van der Waals surface area contributed by atoms with E-state index in [1.807, 2.05) is 0 Å². The van der Waals surface area contributed by atoms with E-state index in [0.717, 1.165) is 5.56 Å². The van der Waals surface area contributed by atoms with Gasteiger partial charge >= 0.3 is 0 Å². The van der Waals surface area contributed by atoms with Crippen molar-refractivity contribution >= 4 is 28.8 Å². The van der Waals surface area contributed by atoms with Gasteiger partial charge in [0.15, 0.2) is 0 Å². The van der Waals surface area contributed by atoms with Gasteiger partial charge in [0.2, 0.25) is 0 Å². The maximum Gasteiger partial charge on any atom is 0.258 e. The number of benzene rings is 2. The quantitative estimate of drug-likeness (QED) is 0.854. The van der Waals surface area contributed by atoms with Crippen LogP contribution in [-0.4, -0.2) is 10.9 Å². The minimum Gasteiger partial charge on any atom is -0.389 e. The third kappa shape index (κ3) is 3.00. The molecule has 0 heterocycles. The second-order valence-electron chi connectivity index (χ2n) is 4.35. The molecule has 2 aromatic carbocycles. The molecule has 102 valence electrons. The lowest BCUT2D eigenvalue weighted by Gasteiger charge is -2.10. The molecule has 0 saturated carbocycles. The number of amides is 1. The number of carbonyl (C=O) groups is 1. The molecular formula is C15H13FN2OS. The van der Waals surface area contributed by atoms with Crippen molar-refractivity contribution in [2.24, 2.45) is 5.73 Å². The highest BCUT2D eigenvalue weighted by atomic mass is 32.1. The first-order chi connectivity index (χ1) is 9.49. The average molecular weight is 288 g/mol. The number of aryl methyl sites for hydroxylation is 1. The highest BCUT2D eigenvalue weighted by molar-refractivity contribution is 7.80. The number of nitrogens with one attached hydrogen (secondary N) is 1. The summed E-state index contributed by atoms with van der Waals surface area (Å²) in [6.07, 6.45) is 0. The minimum absolute atomic E-state index is 0.0201. The summed E-state index contributed by atoms with van der Waals surface area (Å²) >= 11 is 4.91. The summed E-state index contributed by atoms with van der Waals surface area (Å²) in [6.45, 7) is 1.76. The Morgan fingerprint density at radius 3 is 2.55 bits per heavy atom. The van der Waals surface area contributed by atoms with Crippen molar-refractivity contribution in [2.75, 3.05) is 5.32 Å². The van der Waals surface area contributed by atoms with E-state index in [1.54, 1.807) is 37.3 Å². The van der Waals surface area contributed by atoms with Crippen LogP contribution >= 0.6 is 12.2 Å². The van der Waals surface area contributed by atoms with Crippen LogP contribution in [0.2, 0.25) is 0 Å². The highest BCUT2D eigenvalue weighted by Gasteiger charge is 2.14. The van der Waals surface area contributed by atoms with Crippen molar-refractivity contribution in [2.45, 2.75) is 6.92 Å². The van der Waals surface area contributed by atoms with Crippen LogP contribution in [-0.2, 0) is 0 Å². The zero-order valence-electron chi connectivity index (χ0n) is 10.8. The van der Waals surface area contributed by atoms with Gasteiger partial charge < -0.3 is 11.1 Å². The summed E-state index contributed by atoms with van der Waals surface area (Å²) in [5.74, 6) is -1.10. The zero-order chi connectivity index (χ0) is 14.7. The molecule has 0 spiro atoms. The first-order valence-corrected chi connectivity index (χ1v) is 6.36. The molecule has 0 aliphatic heterocycles. The van der Waals surface area contributed by atoms with E-state index in [-0.39, 0.29) is 10.6 Å². The van der Waals surface area contributed by atoms with Gasteiger partial charge in [-0.15, -0.1) is 0 Å². The highest BCUT2D eigenvalue weighted by Crippen LogP contribution is 2.17. The monoisotopic (exact) mass is 288 g/mol. The van der Waals surface area contributed by atoms with Crippen LogP contribution in [0.1, 0.15) is 21.5 Å². The number of thiocarbonyl (C=S) groups is 1. The first kappa shape index (κ1) is 14.1. The number of rotatable bonds is 3. The lowest BCUT2D eigenvalue weighted by Crippen LogP contribution is -2.18. The van der Waals surface area contributed by atoms with Gasteiger partial charge in [0.25, 0.3) is 5.91 Å². The first-order valence-electron chi connectivity index (χ1n) is 5.95. The topological polar surface area (TPSA) is 55.1 Å². The number of hydrogen-bond donors (Lipinski definition) is 2. The van der Waals surface area contributed by atoms with Crippen LogP contribution in [0, 0.1) is 12.7 Å². The number of carbonyl (C=O) groups excluding carboxylic acids is 1. The van der Waals surface area contributed by atoms with Crippen LogP contribution in [0.25, 0.3) is 0 Å². The smallest absolute Gasteiger partial charge is 0.258 e. The Hall–Kier alpha value is -2.27. The van der Waals surface area contributed by atoms with Gasteiger partial charge in [-0.3, -0.25) is 4.79 Å². The van der Waals surface area contributed by atoms with Crippen molar-refractivity contribution < 1.29 is 9.18 Å². The minimum atomic E-state index is -0.560. The zero-order valence-corrected chi connectivity index (χ0v) is 11.6. The van der Waals surface area contributed by atoms with E-state index >= 15 is 0 Å². The van der Waals surface area contributed by atoms with E-state index in [1.165, 1.54) is 12.1 Å². The summed E-state index contributed by atoms with van der Waals surface area (Å²) in [5, 5.41) is 2.62. The molecule has 0 atom stereocenters. The molecule has 2 rings (SSSR count). The molecular weight excluding hydrogens is 275 g/mol. The summed E-state index contributed by atoms with van der Waals surface area (Å²) < 4.78 is 13.8. The Kier molecular flexibility index (Phi) is 4.10. The van der Waals surface area contributed by atoms with Crippen LogP contribution in [0.3, 0.4) is 0 Å². The second kappa shape index (κ2) is 5.79. The van der Waals surface area contributed by atoms with Gasteiger partial charge in [-0.05, 0) is 36.8 Å². The van der Waals surface area contributed by atoms with Gasteiger partial charge in [0.1, 0.15) is 10.8 Å². The molecule has 2 aromatic rings. The van der Waals surface area contributed by atoms with Crippen molar-refractivity contribution in [1.29, 1.82) is 0 Å². The predicted octanol–water partition coefficient (Wildman–Crippen LogP) is 3.02. The molecule has 0 aromatic heterocycles. The maximum atomic E-state index is 13.8. The fraction of sp³-hybridized carbons (Fsp3) is 0.0667. The molecule has 0 aliphatic rings. The molecule has 0 unspecified atom stereocenters.